The first kappa shape index (κ1) is 16.5. The number of pyridine rings is 1. The van der Waals surface area contributed by atoms with Crippen LogP contribution >= 0.6 is 23.2 Å². The molecule has 0 fully saturated rings. The predicted octanol–water partition coefficient (Wildman–Crippen LogP) is 4.91. The van der Waals surface area contributed by atoms with Gasteiger partial charge in [-0.15, -0.1) is 0 Å². The Labute approximate surface area is 148 Å². The van der Waals surface area contributed by atoms with E-state index in [9.17, 15) is 4.79 Å². The monoisotopic (exact) mass is 361 g/mol. The number of anilines is 1. The second-order valence-electron chi connectivity index (χ2n) is 5.18. The molecule has 1 aromatic carbocycles. The van der Waals surface area contributed by atoms with Gasteiger partial charge in [0.05, 0.1) is 10.0 Å². The minimum atomic E-state index is -0.391. The first-order valence-electron chi connectivity index (χ1n) is 7.13. The van der Waals surface area contributed by atoms with Crippen LogP contribution in [0, 0.1) is 13.8 Å². The van der Waals surface area contributed by atoms with Crippen LogP contribution in [0.5, 0.6) is 0 Å². The van der Waals surface area contributed by atoms with Gasteiger partial charge in [0.1, 0.15) is 22.8 Å². The molecule has 0 spiro atoms. The Morgan fingerprint density at radius 1 is 1.08 bits per heavy atom. The van der Waals surface area contributed by atoms with E-state index in [1.807, 2.05) is 19.1 Å². The van der Waals surface area contributed by atoms with Gasteiger partial charge >= 0.3 is 0 Å². The zero-order valence-corrected chi connectivity index (χ0v) is 14.4. The summed E-state index contributed by atoms with van der Waals surface area (Å²) in [7, 11) is 0. The molecule has 2 aromatic heterocycles. The maximum atomic E-state index is 12.7. The summed E-state index contributed by atoms with van der Waals surface area (Å²) in [6, 6.07) is 10.4. The van der Waals surface area contributed by atoms with Gasteiger partial charge in [-0.2, -0.15) is 0 Å². The highest BCUT2D eigenvalue weighted by molar-refractivity contribution is 6.39. The van der Waals surface area contributed by atoms with Crippen molar-refractivity contribution in [3.05, 3.63) is 63.5 Å². The van der Waals surface area contributed by atoms with E-state index in [0.29, 0.717) is 32.9 Å². The third-order valence-electron chi connectivity index (χ3n) is 3.42. The highest BCUT2D eigenvalue weighted by Gasteiger charge is 2.25. The van der Waals surface area contributed by atoms with Gasteiger partial charge in [-0.1, -0.05) is 40.5 Å². The highest BCUT2D eigenvalue weighted by Crippen LogP contribution is 2.36. The van der Waals surface area contributed by atoms with Crippen molar-refractivity contribution in [3.8, 4) is 11.3 Å². The summed E-state index contributed by atoms with van der Waals surface area (Å²) in [4.78, 5) is 16.9. The minimum absolute atomic E-state index is 0.272. The van der Waals surface area contributed by atoms with Crippen molar-refractivity contribution in [2.75, 3.05) is 5.32 Å². The topological polar surface area (TPSA) is 68.0 Å². The fourth-order valence-electron chi connectivity index (χ4n) is 2.33. The Morgan fingerprint density at radius 2 is 1.75 bits per heavy atom. The zero-order valence-electron chi connectivity index (χ0n) is 12.9. The molecule has 0 saturated carbocycles. The number of amides is 1. The van der Waals surface area contributed by atoms with Gasteiger partial charge in [-0.25, -0.2) is 4.98 Å². The third-order valence-corrected chi connectivity index (χ3v) is 4.05. The molecule has 5 nitrogen and oxygen atoms in total. The number of nitrogens with zero attached hydrogens (tertiary/aromatic N) is 2. The molecule has 3 rings (SSSR count). The number of benzene rings is 1. The van der Waals surface area contributed by atoms with E-state index < -0.39 is 5.91 Å². The zero-order chi connectivity index (χ0) is 17.3. The number of halogens is 2. The maximum Gasteiger partial charge on any atom is 0.262 e. The molecule has 122 valence electrons. The Hall–Kier alpha value is -2.37. The molecule has 7 heteroatoms. The van der Waals surface area contributed by atoms with Gasteiger partial charge in [0, 0.05) is 11.3 Å². The van der Waals surface area contributed by atoms with Crippen LogP contribution in [0.3, 0.4) is 0 Å². The molecule has 24 heavy (non-hydrogen) atoms. The van der Waals surface area contributed by atoms with Crippen LogP contribution in [-0.2, 0) is 0 Å². The highest BCUT2D eigenvalue weighted by atomic mass is 35.5. The number of carbonyl (C=O) groups excluding carboxylic acids is 1. The van der Waals surface area contributed by atoms with Crippen molar-refractivity contribution in [2.24, 2.45) is 0 Å². The average Bonchev–Trinajstić information content (AvgIpc) is 2.89. The molecule has 2 heterocycles. The lowest BCUT2D eigenvalue weighted by Gasteiger charge is -2.08. The van der Waals surface area contributed by atoms with Crippen LogP contribution in [0.1, 0.15) is 21.8 Å². The van der Waals surface area contributed by atoms with E-state index >= 15 is 0 Å². The van der Waals surface area contributed by atoms with Gasteiger partial charge < -0.3 is 9.84 Å². The summed E-state index contributed by atoms with van der Waals surface area (Å²) in [5.74, 6) is 0.417. The van der Waals surface area contributed by atoms with Crippen molar-refractivity contribution in [1.82, 2.24) is 10.1 Å². The summed E-state index contributed by atoms with van der Waals surface area (Å²) in [6.07, 6.45) is 0. The van der Waals surface area contributed by atoms with Gasteiger partial charge in [-0.3, -0.25) is 4.79 Å². The number of hydrogen-bond acceptors (Lipinski definition) is 4. The van der Waals surface area contributed by atoms with Crippen molar-refractivity contribution >= 4 is 34.9 Å². The Balaban J connectivity index is 2.03. The summed E-state index contributed by atoms with van der Waals surface area (Å²) in [6.45, 7) is 3.50. The first-order valence-corrected chi connectivity index (χ1v) is 7.88. The molecule has 1 N–H and O–H groups in total. The maximum absolute atomic E-state index is 12.7. The Kier molecular flexibility index (Phi) is 4.55. The van der Waals surface area contributed by atoms with E-state index in [1.165, 1.54) is 0 Å². The lowest BCUT2D eigenvalue weighted by atomic mass is 10.1. The van der Waals surface area contributed by atoms with Crippen molar-refractivity contribution in [2.45, 2.75) is 13.8 Å². The van der Waals surface area contributed by atoms with E-state index in [0.717, 1.165) is 5.69 Å². The largest absolute Gasteiger partial charge is 0.360 e. The molecule has 0 aliphatic rings. The van der Waals surface area contributed by atoms with Gasteiger partial charge in [-0.05, 0) is 38.1 Å². The van der Waals surface area contributed by atoms with Crippen LogP contribution in [0.25, 0.3) is 11.3 Å². The van der Waals surface area contributed by atoms with Gasteiger partial charge in [0.25, 0.3) is 5.91 Å². The number of nitrogens with one attached hydrogen (secondary N) is 1. The number of aryl methyl sites for hydroxylation is 2. The Morgan fingerprint density at radius 3 is 2.42 bits per heavy atom. The molecule has 0 bridgehead atoms. The van der Waals surface area contributed by atoms with Crippen LogP contribution in [0.2, 0.25) is 10.0 Å². The number of hydrogen-bond donors (Lipinski definition) is 1. The van der Waals surface area contributed by atoms with Crippen LogP contribution < -0.4 is 5.32 Å². The molecule has 0 aliphatic heterocycles. The quantitative estimate of drug-likeness (QED) is 0.719. The SMILES string of the molecule is Cc1cccc(NC(=O)c2c(-c3c(Cl)cccc3Cl)noc2C)n1. The summed E-state index contributed by atoms with van der Waals surface area (Å²) in [5.41, 5.74) is 1.82. The lowest BCUT2D eigenvalue weighted by Crippen LogP contribution is -2.14. The molecule has 3 aromatic rings. The first-order chi connectivity index (χ1) is 11.5. The van der Waals surface area contributed by atoms with Crippen molar-refractivity contribution in [1.29, 1.82) is 0 Å². The second kappa shape index (κ2) is 6.63. The van der Waals surface area contributed by atoms with E-state index in [1.54, 1.807) is 31.2 Å². The number of aromatic nitrogens is 2. The van der Waals surface area contributed by atoms with E-state index in [2.05, 4.69) is 15.5 Å². The van der Waals surface area contributed by atoms with Gasteiger partial charge in [0.2, 0.25) is 0 Å². The minimum Gasteiger partial charge on any atom is -0.360 e. The van der Waals surface area contributed by atoms with Crippen LogP contribution in [-0.4, -0.2) is 16.0 Å². The van der Waals surface area contributed by atoms with E-state index in [-0.39, 0.29) is 5.56 Å². The normalized spacial score (nSPS) is 10.7. The third kappa shape index (κ3) is 3.13. The molecule has 0 unspecified atom stereocenters. The number of carbonyl (C=O) groups is 1. The fraction of sp³-hybridized carbons (Fsp3) is 0.118. The molecule has 0 aliphatic carbocycles. The summed E-state index contributed by atoms with van der Waals surface area (Å²) in [5, 5.41) is 7.48. The summed E-state index contributed by atoms with van der Waals surface area (Å²) >= 11 is 12.4. The smallest absolute Gasteiger partial charge is 0.262 e. The molecule has 0 atom stereocenters. The predicted molar refractivity (Wildman–Crippen MR) is 93.6 cm³/mol. The second-order valence-corrected chi connectivity index (χ2v) is 5.99. The van der Waals surface area contributed by atoms with Crippen molar-refractivity contribution < 1.29 is 9.32 Å². The number of rotatable bonds is 3. The molecule has 0 radical (unpaired) electrons. The van der Waals surface area contributed by atoms with Crippen LogP contribution in [0.15, 0.2) is 40.9 Å². The molecular weight excluding hydrogens is 349 g/mol. The fourth-order valence-corrected chi connectivity index (χ4v) is 2.90. The molecule has 1 amide bonds. The van der Waals surface area contributed by atoms with E-state index in [4.69, 9.17) is 27.7 Å². The van der Waals surface area contributed by atoms with Crippen molar-refractivity contribution in [3.63, 3.8) is 0 Å². The summed E-state index contributed by atoms with van der Waals surface area (Å²) < 4.78 is 5.19. The van der Waals surface area contributed by atoms with Crippen LogP contribution in [0.4, 0.5) is 5.82 Å². The van der Waals surface area contributed by atoms with Gasteiger partial charge in [0.15, 0.2) is 0 Å². The molecular formula is C17H13Cl2N3O2. The standard InChI is InChI=1S/C17H13Cl2N3O2/c1-9-5-3-8-13(20-9)21-17(23)14-10(2)24-22-16(14)15-11(18)6-4-7-12(15)19/h3-8H,1-2H3,(H,20,21,23). The molecule has 0 saturated heterocycles. The average molecular weight is 362 g/mol. The Bertz CT molecular complexity index is 902. The lowest BCUT2D eigenvalue weighted by molar-refractivity contribution is 0.102.